The van der Waals surface area contributed by atoms with Crippen LogP contribution in [0.2, 0.25) is 0 Å². The quantitative estimate of drug-likeness (QED) is 0.583. The van der Waals surface area contributed by atoms with Crippen LogP contribution in [-0.2, 0) is 4.79 Å². The number of nitrogens with one attached hydrogen (secondary N) is 2. The van der Waals surface area contributed by atoms with Crippen molar-refractivity contribution in [3.8, 4) is 0 Å². The number of carbonyl (C=O) groups excluding carboxylic acids is 2. The summed E-state index contributed by atoms with van der Waals surface area (Å²) in [5.74, 6) is -0.367. The summed E-state index contributed by atoms with van der Waals surface area (Å²) in [6, 6.07) is -1.02. The van der Waals surface area contributed by atoms with E-state index in [0.717, 1.165) is 0 Å². The smallest absolute Gasteiger partial charge is 0.321 e. The Kier molecular flexibility index (Phi) is 2.57. The van der Waals surface area contributed by atoms with Crippen LogP contribution in [0.25, 0.3) is 0 Å². The number of amides is 3. The number of urea groups is 1. The van der Waals surface area contributed by atoms with Gasteiger partial charge in [-0.15, -0.1) is 23.2 Å². The Bertz CT molecular complexity index is 197. The highest BCUT2D eigenvalue weighted by Crippen LogP contribution is 2.08. The van der Waals surface area contributed by atoms with Gasteiger partial charge in [0.25, 0.3) is 0 Å². The first-order valence-corrected chi connectivity index (χ1v) is 3.93. The zero-order chi connectivity index (χ0) is 8.43. The van der Waals surface area contributed by atoms with Crippen LogP contribution in [0.5, 0.6) is 0 Å². The molecule has 0 bridgehead atoms. The summed E-state index contributed by atoms with van der Waals surface area (Å²) in [6.45, 7) is 0. The summed E-state index contributed by atoms with van der Waals surface area (Å²) in [5.41, 5.74) is 0. The Balaban J connectivity index is 2.66. The van der Waals surface area contributed by atoms with E-state index < -0.39 is 23.4 Å². The van der Waals surface area contributed by atoms with Gasteiger partial charge in [-0.2, -0.15) is 0 Å². The predicted molar refractivity (Wildman–Crippen MR) is 40.8 cm³/mol. The summed E-state index contributed by atoms with van der Waals surface area (Å²) in [6.07, 6.45) is 0. The molecular weight excluding hydrogens is 191 g/mol. The van der Waals surface area contributed by atoms with Gasteiger partial charge in [0, 0.05) is 5.88 Å². The lowest BCUT2D eigenvalue weighted by Crippen LogP contribution is -2.59. The molecule has 1 heterocycles. The maximum Gasteiger partial charge on any atom is 0.321 e. The highest BCUT2D eigenvalue weighted by atomic mass is 35.5. The van der Waals surface area contributed by atoms with Gasteiger partial charge in [0.2, 0.25) is 5.91 Å². The van der Waals surface area contributed by atoms with Crippen LogP contribution in [0.4, 0.5) is 4.79 Å². The molecule has 1 rings (SSSR count). The van der Waals surface area contributed by atoms with Crippen molar-refractivity contribution in [2.45, 2.75) is 11.4 Å². The van der Waals surface area contributed by atoms with Crippen LogP contribution >= 0.6 is 23.2 Å². The highest BCUT2D eigenvalue weighted by Gasteiger charge is 2.32. The molecule has 0 aromatic heterocycles. The van der Waals surface area contributed by atoms with Gasteiger partial charge in [-0.3, -0.25) is 10.1 Å². The second kappa shape index (κ2) is 3.28. The minimum absolute atomic E-state index is 0.132. The van der Waals surface area contributed by atoms with Crippen molar-refractivity contribution in [3.63, 3.8) is 0 Å². The topological polar surface area (TPSA) is 58.2 Å². The molecule has 2 N–H and O–H groups in total. The van der Waals surface area contributed by atoms with Crippen molar-refractivity contribution >= 4 is 35.1 Å². The first kappa shape index (κ1) is 8.62. The number of alkyl halides is 2. The highest BCUT2D eigenvalue weighted by molar-refractivity contribution is 6.34. The molecule has 2 atom stereocenters. The molecule has 0 saturated carbocycles. The molecule has 11 heavy (non-hydrogen) atoms. The number of hydrogen-bond donors (Lipinski definition) is 2. The molecule has 0 aromatic rings. The monoisotopic (exact) mass is 196 g/mol. The van der Waals surface area contributed by atoms with E-state index in [4.69, 9.17) is 23.2 Å². The van der Waals surface area contributed by atoms with Gasteiger partial charge in [-0.1, -0.05) is 0 Å². The van der Waals surface area contributed by atoms with Crippen LogP contribution in [0.1, 0.15) is 0 Å². The zero-order valence-electron chi connectivity index (χ0n) is 5.43. The van der Waals surface area contributed by atoms with Gasteiger partial charge < -0.3 is 5.32 Å². The Morgan fingerprint density at radius 2 is 2.09 bits per heavy atom. The van der Waals surface area contributed by atoms with Crippen molar-refractivity contribution < 1.29 is 9.59 Å². The average Bonchev–Trinajstić information content (AvgIpc) is 1.96. The fraction of sp³-hybridized carbons (Fsp3) is 0.600. The normalized spacial score (nSPS) is 31.1. The van der Waals surface area contributed by atoms with Crippen molar-refractivity contribution in [2.24, 2.45) is 0 Å². The molecule has 1 aliphatic rings. The van der Waals surface area contributed by atoms with E-state index in [1.165, 1.54) is 0 Å². The van der Waals surface area contributed by atoms with Crippen molar-refractivity contribution in [1.29, 1.82) is 0 Å². The maximum atomic E-state index is 10.8. The Morgan fingerprint density at radius 1 is 1.45 bits per heavy atom. The van der Waals surface area contributed by atoms with Gasteiger partial charge in [-0.05, 0) is 0 Å². The fourth-order valence-electron chi connectivity index (χ4n) is 0.758. The molecule has 1 saturated heterocycles. The summed E-state index contributed by atoms with van der Waals surface area (Å²) < 4.78 is 0. The second-order valence-electron chi connectivity index (χ2n) is 2.13. The molecule has 1 fully saturated rings. The number of hydrogen-bond acceptors (Lipinski definition) is 2. The molecule has 1 aliphatic heterocycles. The zero-order valence-corrected chi connectivity index (χ0v) is 6.95. The number of imide groups is 1. The number of halogens is 2. The van der Waals surface area contributed by atoms with Crippen molar-refractivity contribution in [2.75, 3.05) is 5.88 Å². The van der Waals surface area contributed by atoms with Gasteiger partial charge in [-0.25, -0.2) is 4.79 Å². The standard InChI is InChI=1S/C5H6Cl2N2O2/c6-1-2-3(7)4(10)9-5(11)8-2/h2-3H,1H2,(H2,8,9,10,11). The Morgan fingerprint density at radius 3 is 2.64 bits per heavy atom. The molecular formula is C5H6Cl2N2O2. The molecule has 0 aromatic carbocycles. The van der Waals surface area contributed by atoms with Crippen LogP contribution in [-0.4, -0.2) is 29.2 Å². The van der Waals surface area contributed by atoms with Crippen LogP contribution in [0, 0.1) is 0 Å². The summed E-state index contributed by atoms with van der Waals surface area (Å²) >= 11 is 11.0. The van der Waals surface area contributed by atoms with Crippen LogP contribution in [0.15, 0.2) is 0 Å². The largest absolute Gasteiger partial charge is 0.332 e. The number of rotatable bonds is 1. The lowest BCUT2D eigenvalue weighted by molar-refractivity contribution is -0.120. The minimum atomic E-state index is -0.773. The third-order valence-electron chi connectivity index (χ3n) is 1.32. The summed E-state index contributed by atoms with van der Waals surface area (Å²) in [7, 11) is 0. The molecule has 0 spiro atoms. The van der Waals surface area contributed by atoms with E-state index in [-0.39, 0.29) is 5.88 Å². The summed E-state index contributed by atoms with van der Waals surface area (Å²) in [4.78, 5) is 21.4. The van der Waals surface area contributed by atoms with E-state index in [1.54, 1.807) is 0 Å². The maximum absolute atomic E-state index is 10.8. The SMILES string of the molecule is O=C1NC(=O)C(Cl)C(CCl)N1. The van der Waals surface area contributed by atoms with Crippen LogP contribution < -0.4 is 10.6 Å². The molecule has 62 valence electrons. The molecule has 3 amide bonds. The summed E-state index contributed by atoms with van der Waals surface area (Å²) in [5, 5.41) is 3.65. The second-order valence-corrected chi connectivity index (χ2v) is 2.90. The fourth-order valence-corrected chi connectivity index (χ4v) is 1.31. The average molecular weight is 197 g/mol. The molecule has 4 nitrogen and oxygen atoms in total. The van der Waals surface area contributed by atoms with E-state index in [2.05, 4.69) is 5.32 Å². The molecule has 0 radical (unpaired) electrons. The number of carbonyl (C=O) groups is 2. The van der Waals surface area contributed by atoms with Gasteiger partial charge in [0.15, 0.2) is 0 Å². The molecule has 0 aliphatic carbocycles. The van der Waals surface area contributed by atoms with Gasteiger partial charge >= 0.3 is 6.03 Å². The minimum Gasteiger partial charge on any atom is -0.332 e. The van der Waals surface area contributed by atoms with E-state index in [1.807, 2.05) is 5.32 Å². The third-order valence-corrected chi connectivity index (χ3v) is 2.16. The first-order valence-electron chi connectivity index (χ1n) is 2.96. The van der Waals surface area contributed by atoms with E-state index in [9.17, 15) is 9.59 Å². The van der Waals surface area contributed by atoms with Crippen molar-refractivity contribution in [1.82, 2.24) is 10.6 Å². The molecule has 6 heteroatoms. The molecule has 2 unspecified atom stereocenters. The van der Waals surface area contributed by atoms with Crippen molar-refractivity contribution in [3.05, 3.63) is 0 Å². The predicted octanol–water partition coefficient (Wildman–Crippen LogP) is 0.0406. The van der Waals surface area contributed by atoms with Gasteiger partial charge in [0.05, 0.1) is 6.04 Å². The van der Waals surface area contributed by atoms with E-state index >= 15 is 0 Å². The lowest BCUT2D eigenvalue weighted by Gasteiger charge is -2.25. The van der Waals surface area contributed by atoms with Gasteiger partial charge in [0.1, 0.15) is 5.38 Å². The van der Waals surface area contributed by atoms with E-state index in [0.29, 0.717) is 0 Å². The Labute approximate surface area is 73.2 Å². The van der Waals surface area contributed by atoms with Crippen LogP contribution in [0.3, 0.4) is 0 Å². The third kappa shape index (κ3) is 1.75. The lowest BCUT2D eigenvalue weighted by atomic mass is 10.2. The Hall–Kier alpha value is -0.480. The first-order chi connectivity index (χ1) is 5.15.